The van der Waals surface area contributed by atoms with Crippen LogP contribution in [0.2, 0.25) is 5.02 Å². The van der Waals surface area contributed by atoms with Crippen LogP contribution >= 0.6 is 11.6 Å². The van der Waals surface area contributed by atoms with Gasteiger partial charge in [0.25, 0.3) is 0 Å². The molecule has 2 rings (SSSR count). The van der Waals surface area contributed by atoms with E-state index in [-0.39, 0.29) is 16.7 Å². The van der Waals surface area contributed by atoms with E-state index < -0.39 is 24.4 Å². The Bertz CT molecular complexity index is 612. The predicted molar refractivity (Wildman–Crippen MR) is 92.9 cm³/mol. The summed E-state index contributed by atoms with van der Waals surface area (Å²) in [5.74, 6) is -1.18. The molecule has 0 heterocycles. The Morgan fingerprint density at radius 2 is 2.04 bits per heavy atom. The topological polar surface area (TPSA) is 52.6 Å². The molecule has 25 heavy (non-hydrogen) atoms. The predicted octanol–water partition coefficient (Wildman–Crippen LogP) is 4.64. The molecule has 1 aliphatic rings. The molecular weight excluding hydrogens is 347 g/mol. The first-order chi connectivity index (χ1) is 11.8. The highest BCUT2D eigenvalue weighted by Gasteiger charge is 2.33. The monoisotopic (exact) mass is 370 g/mol. The van der Waals surface area contributed by atoms with Crippen molar-refractivity contribution in [2.75, 3.05) is 6.61 Å². The second kappa shape index (κ2) is 8.65. The molecule has 1 saturated carbocycles. The number of hydrogen-bond acceptors (Lipinski definition) is 4. The normalized spacial score (nSPS) is 23.4. The molecule has 0 saturated heterocycles. The number of esters is 2. The number of carbonyl (C=O) groups excluding carboxylic acids is 2. The maximum Gasteiger partial charge on any atom is 0.344 e. The van der Waals surface area contributed by atoms with Gasteiger partial charge >= 0.3 is 11.9 Å². The Kier molecular flexibility index (Phi) is 6.82. The molecule has 1 fully saturated rings. The van der Waals surface area contributed by atoms with E-state index in [0.717, 1.165) is 25.3 Å². The van der Waals surface area contributed by atoms with Crippen molar-refractivity contribution in [1.82, 2.24) is 0 Å². The summed E-state index contributed by atoms with van der Waals surface area (Å²) >= 11 is 5.81. The summed E-state index contributed by atoms with van der Waals surface area (Å²) in [7, 11) is 0. The highest BCUT2D eigenvalue weighted by molar-refractivity contribution is 6.33. The molecule has 0 amide bonds. The lowest BCUT2D eigenvalue weighted by Crippen LogP contribution is -2.36. The Labute approximate surface area is 152 Å². The Balaban J connectivity index is 1.92. The zero-order valence-corrected chi connectivity index (χ0v) is 15.5. The van der Waals surface area contributed by atoms with Gasteiger partial charge < -0.3 is 9.47 Å². The summed E-state index contributed by atoms with van der Waals surface area (Å²) in [6.45, 7) is 5.81. The maximum absolute atomic E-state index is 13.7. The lowest BCUT2D eigenvalue weighted by Gasteiger charge is -2.36. The molecule has 3 atom stereocenters. The van der Waals surface area contributed by atoms with Crippen LogP contribution in [0.4, 0.5) is 4.39 Å². The van der Waals surface area contributed by atoms with Gasteiger partial charge in [0.2, 0.25) is 0 Å². The van der Waals surface area contributed by atoms with Gasteiger partial charge in [-0.15, -0.1) is 0 Å². The van der Waals surface area contributed by atoms with Gasteiger partial charge in [-0.2, -0.15) is 0 Å². The third-order valence-electron chi connectivity index (χ3n) is 4.73. The average Bonchev–Trinajstić information content (AvgIpc) is 2.52. The molecule has 0 aromatic heterocycles. The second-order valence-electron chi connectivity index (χ2n) is 7.03. The van der Waals surface area contributed by atoms with Crippen LogP contribution in [-0.2, 0) is 14.3 Å². The molecule has 0 spiro atoms. The van der Waals surface area contributed by atoms with E-state index in [9.17, 15) is 14.0 Å². The summed E-state index contributed by atoms with van der Waals surface area (Å²) in [5, 5.41) is -0.0562. The standard InChI is InChI=1S/C19H24ClFO4/c1-11(2)13-8-7-12(3)9-16(13)25-17(22)10-24-19(23)18-14(20)5-4-6-15(18)21/h4-6,11-13,16H,7-10H2,1-3H3/t12-,13-,16-/m1/s1. The van der Waals surface area contributed by atoms with Gasteiger partial charge in [-0.3, -0.25) is 0 Å². The molecule has 0 bridgehead atoms. The summed E-state index contributed by atoms with van der Waals surface area (Å²) < 4.78 is 24.1. The van der Waals surface area contributed by atoms with Crippen LogP contribution in [0.1, 0.15) is 50.4 Å². The van der Waals surface area contributed by atoms with Crippen molar-refractivity contribution < 1.29 is 23.5 Å². The third kappa shape index (κ3) is 5.18. The molecule has 6 heteroatoms. The number of ether oxygens (including phenoxy) is 2. The number of hydrogen-bond donors (Lipinski definition) is 0. The molecule has 138 valence electrons. The molecule has 0 radical (unpaired) electrons. The number of benzene rings is 1. The van der Waals surface area contributed by atoms with E-state index >= 15 is 0 Å². The van der Waals surface area contributed by atoms with E-state index in [2.05, 4.69) is 20.8 Å². The van der Waals surface area contributed by atoms with Crippen molar-refractivity contribution in [3.63, 3.8) is 0 Å². The molecular formula is C19H24ClFO4. The van der Waals surface area contributed by atoms with E-state index in [1.54, 1.807) is 0 Å². The second-order valence-corrected chi connectivity index (χ2v) is 7.43. The summed E-state index contributed by atoms with van der Waals surface area (Å²) in [6.07, 6.45) is 2.77. The van der Waals surface area contributed by atoms with Crippen molar-refractivity contribution in [2.24, 2.45) is 17.8 Å². The maximum atomic E-state index is 13.7. The van der Waals surface area contributed by atoms with Crippen LogP contribution in [0.15, 0.2) is 18.2 Å². The fourth-order valence-electron chi connectivity index (χ4n) is 3.34. The lowest BCUT2D eigenvalue weighted by atomic mass is 9.75. The first kappa shape index (κ1) is 19.7. The number of rotatable bonds is 5. The van der Waals surface area contributed by atoms with E-state index in [0.29, 0.717) is 17.8 Å². The summed E-state index contributed by atoms with van der Waals surface area (Å²) in [4.78, 5) is 24.0. The fourth-order valence-corrected chi connectivity index (χ4v) is 3.58. The minimum absolute atomic E-state index is 0.0562. The quantitative estimate of drug-likeness (QED) is 0.708. The largest absolute Gasteiger partial charge is 0.460 e. The first-order valence-electron chi connectivity index (χ1n) is 8.60. The highest BCUT2D eigenvalue weighted by atomic mass is 35.5. The fraction of sp³-hybridized carbons (Fsp3) is 0.579. The molecule has 0 unspecified atom stereocenters. The molecule has 0 N–H and O–H groups in total. The van der Waals surface area contributed by atoms with Crippen LogP contribution in [-0.4, -0.2) is 24.6 Å². The number of halogens is 2. The van der Waals surface area contributed by atoms with Gasteiger partial charge in [0.15, 0.2) is 6.61 Å². The Morgan fingerprint density at radius 3 is 2.68 bits per heavy atom. The van der Waals surface area contributed by atoms with Crippen LogP contribution in [0.3, 0.4) is 0 Å². The summed E-state index contributed by atoms with van der Waals surface area (Å²) in [6, 6.07) is 3.88. The Hall–Kier alpha value is -1.62. The van der Waals surface area contributed by atoms with Crippen molar-refractivity contribution >= 4 is 23.5 Å². The minimum atomic E-state index is -0.975. The third-order valence-corrected chi connectivity index (χ3v) is 5.05. The molecule has 0 aliphatic heterocycles. The average molecular weight is 371 g/mol. The SMILES string of the molecule is CC(C)[C@H]1CC[C@@H](C)C[C@H]1OC(=O)COC(=O)c1c(F)cccc1Cl. The zero-order valence-electron chi connectivity index (χ0n) is 14.8. The molecule has 1 aromatic carbocycles. The highest BCUT2D eigenvalue weighted by Crippen LogP contribution is 2.35. The van der Waals surface area contributed by atoms with E-state index in [1.807, 2.05) is 0 Å². The smallest absolute Gasteiger partial charge is 0.344 e. The van der Waals surface area contributed by atoms with Crippen LogP contribution in [0.5, 0.6) is 0 Å². The van der Waals surface area contributed by atoms with Crippen molar-refractivity contribution in [3.05, 3.63) is 34.6 Å². The van der Waals surface area contributed by atoms with Gasteiger partial charge in [0, 0.05) is 0 Å². The summed E-state index contributed by atoms with van der Waals surface area (Å²) in [5.41, 5.74) is -0.372. The van der Waals surface area contributed by atoms with Gasteiger partial charge in [0.05, 0.1) is 5.02 Å². The molecule has 1 aliphatic carbocycles. The van der Waals surface area contributed by atoms with Gasteiger partial charge in [0.1, 0.15) is 17.5 Å². The van der Waals surface area contributed by atoms with Crippen LogP contribution in [0, 0.1) is 23.6 Å². The van der Waals surface area contributed by atoms with E-state index in [1.165, 1.54) is 12.1 Å². The van der Waals surface area contributed by atoms with Gasteiger partial charge in [-0.25, -0.2) is 14.0 Å². The lowest BCUT2D eigenvalue weighted by molar-refractivity contribution is -0.159. The van der Waals surface area contributed by atoms with Gasteiger partial charge in [-0.1, -0.05) is 44.9 Å². The number of carbonyl (C=O) groups is 2. The van der Waals surface area contributed by atoms with Crippen molar-refractivity contribution in [1.29, 1.82) is 0 Å². The first-order valence-corrected chi connectivity index (χ1v) is 8.98. The zero-order chi connectivity index (χ0) is 18.6. The van der Waals surface area contributed by atoms with E-state index in [4.69, 9.17) is 21.1 Å². The minimum Gasteiger partial charge on any atom is -0.460 e. The molecule has 1 aromatic rings. The van der Waals surface area contributed by atoms with Crippen molar-refractivity contribution in [3.8, 4) is 0 Å². The van der Waals surface area contributed by atoms with Crippen molar-refractivity contribution in [2.45, 2.75) is 46.1 Å². The van der Waals surface area contributed by atoms with Crippen LogP contribution in [0.25, 0.3) is 0 Å². The van der Waals surface area contributed by atoms with Gasteiger partial charge in [-0.05, 0) is 42.7 Å². The Morgan fingerprint density at radius 1 is 1.32 bits per heavy atom. The molecule has 4 nitrogen and oxygen atoms in total. The van der Waals surface area contributed by atoms with Crippen LogP contribution < -0.4 is 0 Å².